The minimum absolute atomic E-state index is 0.0918. The maximum absolute atomic E-state index is 12.6. The minimum Gasteiger partial charge on any atom is -0.311 e. The Balaban J connectivity index is 1.61. The fraction of sp³-hybridized carbons (Fsp3) is 0.471. The average Bonchev–Trinajstić information content (AvgIpc) is 3.11. The van der Waals surface area contributed by atoms with Crippen molar-refractivity contribution < 1.29 is 13.2 Å². The van der Waals surface area contributed by atoms with Crippen molar-refractivity contribution >= 4 is 21.7 Å². The van der Waals surface area contributed by atoms with Crippen molar-refractivity contribution in [1.29, 1.82) is 0 Å². The molecular formula is C17H23N5O3S. The molecule has 1 aliphatic rings. The van der Waals surface area contributed by atoms with E-state index in [-0.39, 0.29) is 22.8 Å². The van der Waals surface area contributed by atoms with E-state index in [9.17, 15) is 13.2 Å². The standard InChI is InChI=1S/C17H23N5O3S/c1-13(2)22-16(5-9-19-22)20-17(23)14-6-10-21(11-7-14)26(24,25)15-4-3-8-18-12-15/h3-5,8-9,12-14H,6-7,10-11H2,1-2H3,(H,20,23). The maximum Gasteiger partial charge on any atom is 0.244 e. The molecular weight excluding hydrogens is 354 g/mol. The van der Waals surface area contributed by atoms with Gasteiger partial charge in [0.25, 0.3) is 0 Å². The molecule has 1 saturated heterocycles. The zero-order chi connectivity index (χ0) is 18.7. The Labute approximate surface area is 153 Å². The van der Waals surface area contributed by atoms with Crippen LogP contribution in [-0.2, 0) is 14.8 Å². The summed E-state index contributed by atoms with van der Waals surface area (Å²) in [5.41, 5.74) is 0. The van der Waals surface area contributed by atoms with Gasteiger partial charge in [-0.2, -0.15) is 9.40 Å². The highest BCUT2D eigenvalue weighted by Gasteiger charge is 2.32. The lowest BCUT2D eigenvalue weighted by atomic mass is 9.97. The molecule has 1 fully saturated rings. The number of nitrogens with zero attached hydrogens (tertiary/aromatic N) is 4. The summed E-state index contributed by atoms with van der Waals surface area (Å²) in [4.78, 5) is 16.6. The van der Waals surface area contributed by atoms with Crippen LogP contribution in [0.2, 0.25) is 0 Å². The Bertz CT molecular complexity index is 856. The molecule has 0 spiro atoms. The summed E-state index contributed by atoms with van der Waals surface area (Å²) in [7, 11) is -3.55. The molecule has 3 rings (SSSR count). The van der Waals surface area contributed by atoms with Gasteiger partial charge < -0.3 is 5.32 Å². The van der Waals surface area contributed by atoms with E-state index < -0.39 is 10.0 Å². The van der Waals surface area contributed by atoms with Gasteiger partial charge in [0.1, 0.15) is 10.7 Å². The number of piperidine rings is 1. The molecule has 3 heterocycles. The molecule has 8 nitrogen and oxygen atoms in total. The van der Waals surface area contributed by atoms with Crippen LogP contribution in [-0.4, -0.2) is 46.5 Å². The molecule has 0 bridgehead atoms. The van der Waals surface area contributed by atoms with E-state index in [1.54, 1.807) is 23.0 Å². The van der Waals surface area contributed by atoms with Crippen LogP contribution in [0.5, 0.6) is 0 Å². The molecule has 0 atom stereocenters. The molecule has 0 unspecified atom stereocenters. The van der Waals surface area contributed by atoms with Crippen LogP contribution in [0.25, 0.3) is 0 Å². The van der Waals surface area contributed by atoms with E-state index in [2.05, 4.69) is 15.4 Å². The van der Waals surface area contributed by atoms with E-state index in [1.165, 1.54) is 22.8 Å². The van der Waals surface area contributed by atoms with E-state index in [0.717, 1.165) is 0 Å². The fourth-order valence-corrected chi connectivity index (χ4v) is 4.49. The lowest BCUT2D eigenvalue weighted by Gasteiger charge is -2.30. The number of sulfonamides is 1. The topological polar surface area (TPSA) is 97.2 Å². The van der Waals surface area contributed by atoms with Crippen LogP contribution in [0.4, 0.5) is 5.82 Å². The smallest absolute Gasteiger partial charge is 0.244 e. The lowest BCUT2D eigenvalue weighted by molar-refractivity contribution is -0.121. The van der Waals surface area contributed by atoms with Crippen LogP contribution in [0.3, 0.4) is 0 Å². The third-order valence-electron chi connectivity index (χ3n) is 4.51. The second-order valence-corrected chi connectivity index (χ2v) is 8.55. The summed E-state index contributed by atoms with van der Waals surface area (Å²) < 4.78 is 28.4. The number of hydrogen-bond acceptors (Lipinski definition) is 5. The molecule has 1 amide bonds. The van der Waals surface area contributed by atoms with E-state index in [0.29, 0.717) is 31.7 Å². The van der Waals surface area contributed by atoms with Gasteiger partial charge >= 0.3 is 0 Å². The number of anilines is 1. The molecule has 26 heavy (non-hydrogen) atoms. The van der Waals surface area contributed by atoms with Gasteiger partial charge in [0.05, 0.1) is 6.20 Å². The van der Waals surface area contributed by atoms with Crippen molar-refractivity contribution in [2.45, 2.75) is 37.6 Å². The lowest BCUT2D eigenvalue weighted by Crippen LogP contribution is -2.41. The summed E-state index contributed by atoms with van der Waals surface area (Å²) in [6.07, 6.45) is 5.51. The first-order valence-electron chi connectivity index (χ1n) is 8.64. The Kier molecular flexibility index (Phi) is 5.38. The van der Waals surface area contributed by atoms with Crippen molar-refractivity contribution in [3.05, 3.63) is 36.8 Å². The normalized spacial score (nSPS) is 16.7. The highest BCUT2D eigenvalue weighted by atomic mass is 32.2. The summed E-state index contributed by atoms with van der Waals surface area (Å²) >= 11 is 0. The summed E-state index contributed by atoms with van der Waals surface area (Å²) in [5, 5.41) is 7.11. The van der Waals surface area contributed by atoms with Crippen molar-refractivity contribution in [3.63, 3.8) is 0 Å². The summed E-state index contributed by atoms with van der Waals surface area (Å²) in [6, 6.07) is 5.05. The molecule has 140 valence electrons. The van der Waals surface area contributed by atoms with Crippen LogP contribution in [0.15, 0.2) is 41.7 Å². The Morgan fingerprint density at radius 1 is 1.23 bits per heavy atom. The predicted molar refractivity (Wildman–Crippen MR) is 97.0 cm³/mol. The number of rotatable bonds is 5. The molecule has 0 saturated carbocycles. The number of carbonyl (C=O) groups excluding carboxylic acids is 1. The van der Waals surface area contributed by atoms with Gasteiger partial charge in [-0.25, -0.2) is 13.1 Å². The minimum atomic E-state index is -3.55. The third-order valence-corrected chi connectivity index (χ3v) is 6.39. The first kappa shape index (κ1) is 18.5. The van der Waals surface area contributed by atoms with E-state index in [4.69, 9.17) is 0 Å². The molecule has 2 aromatic rings. The van der Waals surface area contributed by atoms with E-state index >= 15 is 0 Å². The Hall–Kier alpha value is -2.26. The number of pyridine rings is 1. The first-order valence-corrected chi connectivity index (χ1v) is 10.1. The van der Waals surface area contributed by atoms with Gasteiger partial charge in [0, 0.05) is 43.5 Å². The van der Waals surface area contributed by atoms with Gasteiger partial charge in [-0.1, -0.05) is 0 Å². The molecule has 9 heteroatoms. The molecule has 1 aliphatic heterocycles. The number of nitrogens with one attached hydrogen (secondary N) is 1. The second kappa shape index (κ2) is 7.55. The van der Waals surface area contributed by atoms with Gasteiger partial charge in [-0.15, -0.1) is 0 Å². The van der Waals surface area contributed by atoms with Crippen molar-refractivity contribution in [3.8, 4) is 0 Å². The van der Waals surface area contributed by atoms with Crippen molar-refractivity contribution in [1.82, 2.24) is 19.1 Å². The predicted octanol–water partition coefficient (Wildman–Crippen LogP) is 1.90. The van der Waals surface area contributed by atoms with Crippen LogP contribution >= 0.6 is 0 Å². The molecule has 1 N–H and O–H groups in total. The van der Waals surface area contributed by atoms with Crippen molar-refractivity contribution in [2.24, 2.45) is 5.92 Å². The molecule has 2 aromatic heterocycles. The van der Waals surface area contributed by atoms with Gasteiger partial charge in [-0.05, 0) is 38.8 Å². The Morgan fingerprint density at radius 2 is 1.96 bits per heavy atom. The van der Waals surface area contributed by atoms with Gasteiger partial charge in [0.15, 0.2) is 0 Å². The maximum atomic E-state index is 12.6. The zero-order valence-electron chi connectivity index (χ0n) is 14.9. The molecule has 0 aromatic carbocycles. The number of hydrogen-bond donors (Lipinski definition) is 1. The Morgan fingerprint density at radius 3 is 2.58 bits per heavy atom. The second-order valence-electron chi connectivity index (χ2n) is 6.61. The summed E-state index contributed by atoms with van der Waals surface area (Å²) in [6.45, 7) is 4.62. The average molecular weight is 377 g/mol. The fourth-order valence-electron chi connectivity index (χ4n) is 3.06. The van der Waals surface area contributed by atoms with Gasteiger partial charge in [-0.3, -0.25) is 9.78 Å². The molecule has 0 radical (unpaired) electrons. The monoisotopic (exact) mass is 377 g/mol. The zero-order valence-corrected chi connectivity index (χ0v) is 15.7. The first-order chi connectivity index (χ1) is 12.4. The number of amides is 1. The van der Waals surface area contributed by atoms with Crippen LogP contribution in [0.1, 0.15) is 32.7 Å². The van der Waals surface area contributed by atoms with E-state index in [1.807, 2.05) is 13.8 Å². The third kappa shape index (κ3) is 3.78. The quantitative estimate of drug-likeness (QED) is 0.858. The van der Waals surface area contributed by atoms with Crippen LogP contribution in [0, 0.1) is 5.92 Å². The van der Waals surface area contributed by atoms with Crippen molar-refractivity contribution in [2.75, 3.05) is 18.4 Å². The van der Waals surface area contributed by atoms with Gasteiger partial charge in [0.2, 0.25) is 15.9 Å². The largest absolute Gasteiger partial charge is 0.311 e. The SMILES string of the molecule is CC(C)n1nccc1NC(=O)C1CCN(S(=O)(=O)c2cccnc2)CC1. The molecule has 0 aliphatic carbocycles. The number of aromatic nitrogens is 3. The highest BCUT2D eigenvalue weighted by Crippen LogP contribution is 2.25. The highest BCUT2D eigenvalue weighted by molar-refractivity contribution is 7.89. The van der Waals surface area contributed by atoms with Crippen LogP contribution < -0.4 is 5.32 Å². The summed E-state index contributed by atoms with van der Waals surface area (Å²) in [5.74, 6) is 0.354. The number of carbonyl (C=O) groups is 1.